The molecule has 0 bridgehead atoms. The lowest BCUT2D eigenvalue weighted by atomic mass is 10.1. The van der Waals surface area contributed by atoms with E-state index in [1.54, 1.807) is 7.11 Å². The smallest absolute Gasteiger partial charge is 0.123 e. The second-order valence-corrected chi connectivity index (χ2v) is 7.30. The van der Waals surface area contributed by atoms with Crippen molar-refractivity contribution in [3.05, 3.63) is 52.2 Å². The highest BCUT2D eigenvalue weighted by molar-refractivity contribution is 7.09. The third-order valence-corrected chi connectivity index (χ3v) is 5.54. The average molecular weight is 346 g/mol. The number of aliphatic hydroxyl groups is 1. The van der Waals surface area contributed by atoms with Gasteiger partial charge in [0.15, 0.2) is 0 Å². The molecule has 1 aromatic carbocycles. The molecule has 130 valence electrons. The summed E-state index contributed by atoms with van der Waals surface area (Å²) in [5, 5.41) is 11.6. The monoisotopic (exact) mass is 346 g/mol. The van der Waals surface area contributed by atoms with E-state index in [4.69, 9.17) is 4.74 Å². The molecule has 1 N–H and O–H groups in total. The van der Waals surface area contributed by atoms with E-state index in [1.165, 1.54) is 10.4 Å². The molecule has 5 heteroatoms. The average Bonchev–Trinajstić information content (AvgIpc) is 3.11. The Morgan fingerprint density at radius 1 is 1.17 bits per heavy atom. The number of methoxy groups -OCH3 is 1. The van der Waals surface area contributed by atoms with E-state index < -0.39 is 0 Å². The quantitative estimate of drug-likeness (QED) is 0.836. The Bertz CT molecular complexity index is 618. The molecule has 24 heavy (non-hydrogen) atoms. The van der Waals surface area contributed by atoms with Gasteiger partial charge in [-0.15, -0.1) is 11.3 Å². The molecule has 0 amide bonds. The van der Waals surface area contributed by atoms with Gasteiger partial charge >= 0.3 is 0 Å². The maximum Gasteiger partial charge on any atom is 0.123 e. The minimum Gasteiger partial charge on any atom is -0.496 e. The Balaban J connectivity index is 1.63. The van der Waals surface area contributed by atoms with Crippen LogP contribution in [0.5, 0.6) is 5.75 Å². The summed E-state index contributed by atoms with van der Waals surface area (Å²) in [7, 11) is 1.73. The van der Waals surface area contributed by atoms with Crippen molar-refractivity contribution in [2.75, 3.05) is 33.4 Å². The van der Waals surface area contributed by atoms with Crippen molar-refractivity contribution in [1.29, 1.82) is 0 Å². The molecular weight excluding hydrogens is 320 g/mol. The minimum absolute atomic E-state index is 0.244. The summed E-state index contributed by atoms with van der Waals surface area (Å²) in [6, 6.07) is 12.9. The van der Waals surface area contributed by atoms with Crippen LogP contribution in [-0.2, 0) is 13.1 Å². The fraction of sp³-hybridized carbons (Fsp3) is 0.474. The zero-order valence-corrected chi connectivity index (χ0v) is 15.0. The largest absolute Gasteiger partial charge is 0.496 e. The van der Waals surface area contributed by atoms with Crippen LogP contribution in [0.25, 0.3) is 0 Å². The van der Waals surface area contributed by atoms with Crippen LogP contribution in [0, 0.1) is 0 Å². The normalized spacial score (nSPS) is 19.5. The van der Waals surface area contributed by atoms with Crippen molar-refractivity contribution in [1.82, 2.24) is 9.80 Å². The van der Waals surface area contributed by atoms with Gasteiger partial charge in [-0.2, -0.15) is 0 Å². The molecule has 1 fully saturated rings. The van der Waals surface area contributed by atoms with Crippen LogP contribution in [0.3, 0.4) is 0 Å². The lowest BCUT2D eigenvalue weighted by Crippen LogP contribution is -2.52. The van der Waals surface area contributed by atoms with Gasteiger partial charge in [-0.3, -0.25) is 9.80 Å². The summed E-state index contributed by atoms with van der Waals surface area (Å²) in [6.07, 6.45) is 0.827. The van der Waals surface area contributed by atoms with E-state index in [1.807, 2.05) is 23.5 Å². The van der Waals surface area contributed by atoms with Gasteiger partial charge in [0, 0.05) is 55.8 Å². The molecule has 4 nitrogen and oxygen atoms in total. The molecule has 1 aromatic heterocycles. The van der Waals surface area contributed by atoms with Gasteiger partial charge in [-0.05, 0) is 23.9 Å². The van der Waals surface area contributed by atoms with Crippen LogP contribution in [-0.4, -0.2) is 54.3 Å². The summed E-state index contributed by atoms with van der Waals surface area (Å²) in [6.45, 7) is 5.21. The number of para-hydroxylation sites is 1. The molecule has 1 unspecified atom stereocenters. The summed E-state index contributed by atoms with van der Waals surface area (Å²) in [5.74, 6) is 0.956. The lowest BCUT2D eigenvalue weighted by Gasteiger charge is -2.41. The molecule has 2 heterocycles. The summed E-state index contributed by atoms with van der Waals surface area (Å²) in [5.41, 5.74) is 1.23. The number of hydrogen-bond acceptors (Lipinski definition) is 5. The van der Waals surface area contributed by atoms with Crippen LogP contribution in [0.1, 0.15) is 16.9 Å². The SMILES string of the molecule is COc1ccccc1CN1CCN(Cc2cccs2)C(CCO)C1. The second-order valence-electron chi connectivity index (χ2n) is 6.26. The van der Waals surface area contributed by atoms with Gasteiger partial charge in [0.2, 0.25) is 0 Å². The van der Waals surface area contributed by atoms with Crippen LogP contribution in [0.15, 0.2) is 41.8 Å². The summed E-state index contributed by atoms with van der Waals surface area (Å²) >= 11 is 1.81. The molecule has 1 aliphatic rings. The first-order valence-electron chi connectivity index (χ1n) is 8.51. The fourth-order valence-electron chi connectivity index (χ4n) is 3.41. The minimum atomic E-state index is 0.244. The van der Waals surface area contributed by atoms with Crippen LogP contribution in [0.4, 0.5) is 0 Å². The molecule has 0 radical (unpaired) electrons. The van der Waals surface area contributed by atoms with Crippen molar-refractivity contribution in [3.8, 4) is 5.75 Å². The second kappa shape index (κ2) is 8.62. The maximum atomic E-state index is 9.46. The Morgan fingerprint density at radius 3 is 2.79 bits per heavy atom. The zero-order chi connectivity index (χ0) is 16.8. The number of nitrogens with zero attached hydrogens (tertiary/aromatic N) is 2. The Hall–Kier alpha value is -1.40. The highest BCUT2D eigenvalue weighted by Gasteiger charge is 2.27. The van der Waals surface area contributed by atoms with E-state index in [2.05, 4.69) is 39.4 Å². The van der Waals surface area contributed by atoms with Gasteiger partial charge in [-0.1, -0.05) is 24.3 Å². The van der Waals surface area contributed by atoms with E-state index in [0.29, 0.717) is 6.04 Å². The predicted molar refractivity (Wildman–Crippen MR) is 98.5 cm³/mol. The molecule has 3 rings (SSSR count). The number of hydrogen-bond donors (Lipinski definition) is 1. The fourth-order valence-corrected chi connectivity index (χ4v) is 4.14. The van der Waals surface area contributed by atoms with Crippen LogP contribution in [0.2, 0.25) is 0 Å². The van der Waals surface area contributed by atoms with E-state index in [9.17, 15) is 5.11 Å². The molecule has 1 atom stereocenters. The highest BCUT2D eigenvalue weighted by atomic mass is 32.1. The first-order valence-corrected chi connectivity index (χ1v) is 9.39. The molecule has 1 saturated heterocycles. The van der Waals surface area contributed by atoms with Crippen LogP contribution >= 0.6 is 11.3 Å². The summed E-state index contributed by atoms with van der Waals surface area (Å²) in [4.78, 5) is 6.39. The van der Waals surface area contributed by atoms with Crippen molar-refractivity contribution in [3.63, 3.8) is 0 Å². The van der Waals surface area contributed by atoms with Crippen LogP contribution < -0.4 is 4.74 Å². The van der Waals surface area contributed by atoms with Gasteiger partial charge in [0.25, 0.3) is 0 Å². The van der Waals surface area contributed by atoms with E-state index in [0.717, 1.165) is 44.9 Å². The molecule has 2 aromatic rings. The Morgan fingerprint density at radius 2 is 2.04 bits per heavy atom. The summed E-state index contributed by atoms with van der Waals surface area (Å²) < 4.78 is 5.48. The molecule has 0 aliphatic carbocycles. The van der Waals surface area contributed by atoms with Crippen molar-refractivity contribution >= 4 is 11.3 Å². The molecule has 0 saturated carbocycles. The first-order chi connectivity index (χ1) is 11.8. The van der Waals surface area contributed by atoms with Crippen molar-refractivity contribution < 1.29 is 9.84 Å². The van der Waals surface area contributed by atoms with Gasteiger partial charge in [-0.25, -0.2) is 0 Å². The molecule has 1 aliphatic heterocycles. The highest BCUT2D eigenvalue weighted by Crippen LogP contribution is 2.23. The third kappa shape index (κ3) is 4.36. The van der Waals surface area contributed by atoms with Gasteiger partial charge in [0.05, 0.1) is 7.11 Å². The van der Waals surface area contributed by atoms with Crippen molar-refractivity contribution in [2.24, 2.45) is 0 Å². The number of thiophene rings is 1. The Kier molecular flexibility index (Phi) is 6.26. The number of aliphatic hydroxyl groups excluding tert-OH is 1. The van der Waals surface area contributed by atoms with Gasteiger partial charge in [0.1, 0.15) is 5.75 Å². The lowest BCUT2D eigenvalue weighted by molar-refractivity contribution is 0.0503. The van der Waals surface area contributed by atoms with E-state index in [-0.39, 0.29) is 6.61 Å². The Labute approximate surface area is 148 Å². The standard InChI is InChI=1S/C19H26N2O2S/c1-23-19-7-3-2-5-16(19)13-20-9-10-21(17(14-20)8-11-22)15-18-6-4-12-24-18/h2-7,12,17,22H,8-11,13-15H2,1H3. The maximum absolute atomic E-state index is 9.46. The number of rotatable bonds is 7. The zero-order valence-electron chi connectivity index (χ0n) is 14.2. The first kappa shape index (κ1) is 17.4. The molecule has 0 spiro atoms. The topological polar surface area (TPSA) is 35.9 Å². The third-order valence-electron chi connectivity index (χ3n) is 4.68. The molecular formula is C19H26N2O2S. The van der Waals surface area contributed by atoms with Crippen molar-refractivity contribution in [2.45, 2.75) is 25.6 Å². The number of piperazine rings is 1. The van der Waals surface area contributed by atoms with E-state index >= 15 is 0 Å². The van der Waals surface area contributed by atoms with Gasteiger partial charge < -0.3 is 9.84 Å². The predicted octanol–water partition coefficient (Wildman–Crippen LogP) is 2.83. The number of ether oxygens (including phenoxy) is 1. The number of benzene rings is 1.